The van der Waals surface area contributed by atoms with Crippen molar-refractivity contribution < 1.29 is 9.53 Å². The molecule has 0 radical (unpaired) electrons. The van der Waals surface area contributed by atoms with E-state index in [2.05, 4.69) is 51.6 Å². The second-order valence-electron chi connectivity index (χ2n) is 7.27. The highest BCUT2D eigenvalue weighted by Crippen LogP contribution is 2.49. The summed E-state index contributed by atoms with van der Waals surface area (Å²) in [6.07, 6.45) is 0. The molecule has 3 nitrogen and oxygen atoms in total. The quantitative estimate of drug-likeness (QED) is 0.316. The van der Waals surface area contributed by atoms with Crippen molar-refractivity contribution >= 4 is 34.8 Å². The fourth-order valence-corrected chi connectivity index (χ4v) is 5.14. The zero-order valence-electron chi connectivity index (χ0n) is 16.2. The Morgan fingerprint density at radius 1 is 1.27 bits per heavy atom. The number of thiophene rings is 1. The fourth-order valence-electron chi connectivity index (χ4n) is 2.54. The maximum Gasteiger partial charge on any atom is 0.347 e. The van der Waals surface area contributed by atoms with Gasteiger partial charge in [0.1, 0.15) is 4.88 Å². The predicted octanol–water partition coefficient (Wildman–Crippen LogP) is 6.94. The number of thioether (sulfide) groups is 1. The van der Waals surface area contributed by atoms with E-state index in [1.54, 1.807) is 18.7 Å². The van der Waals surface area contributed by atoms with Crippen molar-refractivity contribution in [2.45, 2.75) is 56.4 Å². The van der Waals surface area contributed by atoms with E-state index in [4.69, 9.17) is 11.3 Å². The van der Waals surface area contributed by atoms with Gasteiger partial charge in [-0.05, 0) is 23.5 Å². The molecule has 2 rings (SSSR count). The van der Waals surface area contributed by atoms with Crippen LogP contribution in [0.4, 0.5) is 5.69 Å². The summed E-state index contributed by atoms with van der Waals surface area (Å²) in [7, 11) is 0. The number of hydrogen-bond donors (Lipinski definition) is 0. The molecule has 0 spiro atoms. The molecule has 26 heavy (non-hydrogen) atoms. The lowest BCUT2D eigenvalue weighted by Crippen LogP contribution is -2.10. The Kier molecular flexibility index (Phi) is 6.54. The minimum atomic E-state index is -0.354. The number of carbonyl (C=O) groups excluding carboxylic acids is 1. The molecule has 0 bridgehead atoms. The van der Waals surface area contributed by atoms with Crippen LogP contribution in [0, 0.1) is 6.57 Å². The van der Waals surface area contributed by atoms with Gasteiger partial charge in [-0.25, -0.2) is 9.64 Å². The van der Waals surface area contributed by atoms with Crippen LogP contribution in [0.25, 0.3) is 16.0 Å². The highest BCUT2D eigenvalue weighted by Gasteiger charge is 2.26. The average Bonchev–Trinajstić information content (AvgIpc) is 2.92. The third kappa shape index (κ3) is 4.49. The summed E-state index contributed by atoms with van der Waals surface area (Å²) in [6, 6.07) is 8.16. The summed E-state index contributed by atoms with van der Waals surface area (Å²) in [4.78, 5) is 16.8. The van der Waals surface area contributed by atoms with Crippen molar-refractivity contribution in [3.8, 4) is 11.1 Å². The van der Waals surface area contributed by atoms with Crippen molar-refractivity contribution in [2.75, 3.05) is 6.61 Å². The lowest BCUT2D eigenvalue weighted by atomic mass is 9.86. The van der Waals surface area contributed by atoms with Gasteiger partial charge in [0.25, 0.3) is 0 Å². The molecule has 0 amide bonds. The maximum absolute atomic E-state index is 12.5. The van der Waals surface area contributed by atoms with Crippen LogP contribution in [0.1, 0.15) is 56.8 Å². The molecule has 0 aliphatic carbocycles. The molecule has 1 aromatic carbocycles. The maximum atomic E-state index is 12.5. The van der Waals surface area contributed by atoms with Crippen LogP contribution in [0.15, 0.2) is 28.5 Å². The van der Waals surface area contributed by atoms with Gasteiger partial charge in [0.05, 0.1) is 17.4 Å². The lowest BCUT2D eigenvalue weighted by molar-refractivity contribution is 0.0533. The van der Waals surface area contributed by atoms with Gasteiger partial charge in [0.2, 0.25) is 5.69 Å². The molecular formula is C21H25NO2S2. The molecule has 0 N–H and O–H groups in total. The summed E-state index contributed by atoms with van der Waals surface area (Å²) < 4.78 is 6.13. The van der Waals surface area contributed by atoms with Crippen molar-refractivity contribution in [2.24, 2.45) is 0 Å². The van der Waals surface area contributed by atoms with E-state index in [1.165, 1.54) is 16.9 Å². The Bertz CT molecular complexity index is 821. The first kappa shape index (κ1) is 20.5. The average molecular weight is 388 g/mol. The summed E-state index contributed by atoms with van der Waals surface area (Å²) in [5.74, 6) is -0.354. The Morgan fingerprint density at radius 2 is 1.88 bits per heavy atom. The minimum Gasteiger partial charge on any atom is -0.462 e. The summed E-state index contributed by atoms with van der Waals surface area (Å²) in [5, 5.41) is 0.334. The van der Waals surface area contributed by atoms with E-state index >= 15 is 0 Å². The lowest BCUT2D eigenvalue weighted by Gasteiger charge is -2.19. The topological polar surface area (TPSA) is 30.7 Å². The van der Waals surface area contributed by atoms with Crippen molar-refractivity contribution in [1.82, 2.24) is 0 Å². The molecule has 0 aliphatic rings. The van der Waals surface area contributed by atoms with Crippen LogP contribution in [0.2, 0.25) is 0 Å². The smallest absolute Gasteiger partial charge is 0.347 e. The first-order chi connectivity index (χ1) is 12.2. The number of nitrogens with zero attached hydrogens (tertiary/aromatic N) is 1. The molecule has 0 unspecified atom stereocenters. The molecule has 138 valence electrons. The van der Waals surface area contributed by atoms with Crippen molar-refractivity contribution in [3.05, 3.63) is 46.1 Å². The van der Waals surface area contributed by atoms with Gasteiger partial charge in [-0.1, -0.05) is 58.9 Å². The van der Waals surface area contributed by atoms with Crippen LogP contribution < -0.4 is 0 Å². The van der Waals surface area contributed by atoms with Crippen LogP contribution in [0.3, 0.4) is 0 Å². The van der Waals surface area contributed by atoms with Gasteiger partial charge >= 0.3 is 5.97 Å². The Hall–Kier alpha value is -1.77. The molecule has 1 aromatic heterocycles. The van der Waals surface area contributed by atoms with Gasteiger partial charge in [-0.2, -0.15) is 0 Å². The molecule has 0 saturated heterocycles. The highest BCUT2D eigenvalue weighted by atomic mass is 32.2. The van der Waals surface area contributed by atoms with E-state index in [-0.39, 0.29) is 11.4 Å². The zero-order chi connectivity index (χ0) is 19.5. The Labute approximate surface area is 164 Å². The first-order valence-corrected chi connectivity index (χ1v) is 10.4. The van der Waals surface area contributed by atoms with Crippen LogP contribution in [-0.4, -0.2) is 17.8 Å². The number of hydrogen-bond acceptors (Lipinski definition) is 4. The molecule has 5 heteroatoms. The monoisotopic (exact) mass is 387 g/mol. The van der Waals surface area contributed by atoms with Crippen LogP contribution in [-0.2, 0) is 10.2 Å². The van der Waals surface area contributed by atoms with Crippen molar-refractivity contribution in [1.29, 1.82) is 0 Å². The first-order valence-electron chi connectivity index (χ1n) is 8.68. The molecule has 0 atom stereocenters. The standard InChI is InChI=1S/C21H25NO2S2/c1-8-24-19(23)18-16(17(22-7)20(26-18)25-13(2)3)14-9-11-15(12-10-14)21(4,5)6/h9-13H,8H2,1-6H3. The summed E-state index contributed by atoms with van der Waals surface area (Å²) >= 11 is 2.99. The minimum absolute atomic E-state index is 0.0540. The van der Waals surface area contributed by atoms with Crippen LogP contribution in [0.5, 0.6) is 0 Å². The van der Waals surface area contributed by atoms with Gasteiger partial charge < -0.3 is 4.74 Å². The number of benzene rings is 1. The molecule has 1 heterocycles. The normalized spacial score (nSPS) is 11.5. The second-order valence-corrected chi connectivity index (χ2v) is 10.1. The van der Waals surface area contributed by atoms with E-state index in [0.29, 0.717) is 28.0 Å². The second kappa shape index (κ2) is 8.28. The van der Waals surface area contributed by atoms with E-state index in [9.17, 15) is 4.79 Å². The molecule has 0 fully saturated rings. The van der Waals surface area contributed by atoms with Gasteiger partial charge in [0.15, 0.2) is 0 Å². The number of carbonyl (C=O) groups is 1. The zero-order valence-corrected chi connectivity index (χ0v) is 17.8. The van der Waals surface area contributed by atoms with Gasteiger partial charge in [-0.3, -0.25) is 0 Å². The van der Waals surface area contributed by atoms with E-state index < -0.39 is 0 Å². The Balaban J connectivity index is 2.62. The third-order valence-corrected chi connectivity index (χ3v) is 6.18. The Morgan fingerprint density at radius 3 is 2.35 bits per heavy atom. The van der Waals surface area contributed by atoms with E-state index in [1.807, 2.05) is 12.1 Å². The predicted molar refractivity (Wildman–Crippen MR) is 112 cm³/mol. The van der Waals surface area contributed by atoms with Gasteiger partial charge in [0, 0.05) is 10.8 Å². The summed E-state index contributed by atoms with van der Waals surface area (Å²) in [6.45, 7) is 20.5. The number of rotatable bonds is 5. The third-order valence-electron chi connectivity index (χ3n) is 3.81. The SMILES string of the molecule is [C-]#[N+]c1c(SC(C)C)sc(C(=O)OCC)c1-c1ccc(C(C)(C)C)cc1. The highest BCUT2D eigenvalue weighted by molar-refractivity contribution is 8.01. The number of esters is 1. The largest absolute Gasteiger partial charge is 0.462 e. The van der Waals surface area contributed by atoms with Crippen LogP contribution >= 0.6 is 23.1 Å². The fraction of sp³-hybridized carbons (Fsp3) is 0.429. The number of ether oxygens (including phenoxy) is 1. The van der Waals surface area contributed by atoms with Crippen molar-refractivity contribution in [3.63, 3.8) is 0 Å². The van der Waals surface area contributed by atoms with E-state index in [0.717, 1.165) is 9.77 Å². The molecule has 2 aromatic rings. The molecular weight excluding hydrogens is 362 g/mol. The van der Waals surface area contributed by atoms with Gasteiger partial charge in [-0.15, -0.1) is 23.1 Å². The molecule has 0 saturated carbocycles. The summed E-state index contributed by atoms with van der Waals surface area (Å²) in [5.41, 5.74) is 3.42. The molecule has 0 aliphatic heterocycles.